The van der Waals surface area contributed by atoms with Gasteiger partial charge in [0.1, 0.15) is 6.72 Å². The number of phosphoric acid groups is 1. The van der Waals surface area contributed by atoms with Gasteiger partial charge in [-0.3, -0.25) is 14.2 Å². The van der Waals surface area contributed by atoms with Crippen LogP contribution in [-0.2, 0) is 44.1 Å². The van der Waals surface area contributed by atoms with E-state index in [2.05, 4.69) is 0 Å². The van der Waals surface area contributed by atoms with Crippen molar-refractivity contribution >= 4 is 59.8 Å². The monoisotopic (exact) mass is 724 g/mol. The number of aliphatic hydroxyl groups is 2. The predicted molar refractivity (Wildman–Crippen MR) is 169 cm³/mol. The molecule has 15 nitrogen and oxygen atoms in total. The average Bonchev–Trinajstić information content (AvgIpc) is 3.56. The van der Waals surface area contributed by atoms with Crippen molar-refractivity contribution in [3.8, 4) is 0 Å². The van der Waals surface area contributed by atoms with Crippen molar-refractivity contribution in [2.24, 2.45) is 11.5 Å². The number of carbonyl (C=O) groups is 2. The molecule has 44 heavy (non-hydrogen) atoms. The highest BCUT2D eigenvalue weighted by Gasteiger charge is 2.39. The van der Waals surface area contributed by atoms with Crippen LogP contribution in [0.15, 0.2) is 0 Å². The summed E-state index contributed by atoms with van der Waals surface area (Å²) >= 11 is 4.82. The maximum atomic E-state index is 13.0. The Labute approximate surface area is 272 Å². The molecule has 20 heteroatoms. The molecule has 2 aliphatic heterocycles. The van der Waals surface area contributed by atoms with Crippen molar-refractivity contribution in [2.45, 2.75) is 75.7 Å². The first-order valence-electron chi connectivity index (χ1n) is 14.7. The molecule has 6 N–H and O–H groups in total. The first-order valence-corrected chi connectivity index (χ1v) is 21.2. The Balaban J connectivity index is 1.94. The van der Waals surface area contributed by atoms with E-state index in [1.165, 1.54) is 9.80 Å². The fourth-order valence-electron chi connectivity index (χ4n) is 4.86. The van der Waals surface area contributed by atoms with Crippen LogP contribution in [-0.4, -0.2) is 120 Å². The van der Waals surface area contributed by atoms with Gasteiger partial charge < -0.3 is 59.4 Å². The van der Waals surface area contributed by atoms with Crippen molar-refractivity contribution in [1.82, 2.24) is 9.80 Å². The Bertz CT molecular complexity index is 976. The van der Waals surface area contributed by atoms with E-state index in [1.807, 2.05) is 0 Å². The summed E-state index contributed by atoms with van der Waals surface area (Å²) < 4.78 is 33.4. The van der Waals surface area contributed by atoms with Gasteiger partial charge in [-0.2, -0.15) is 0 Å². The Morgan fingerprint density at radius 3 is 2.20 bits per heavy atom. The van der Waals surface area contributed by atoms with E-state index >= 15 is 0 Å². The molecule has 0 saturated carbocycles. The molecule has 258 valence electrons. The van der Waals surface area contributed by atoms with Crippen LogP contribution < -0.4 is 21.3 Å². The van der Waals surface area contributed by atoms with Crippen LogP contribution in [0.1, 0.15) is 51.4 Å². The number of nitrogens with zero attached hydrogens (tertiary/aromatic N) is 2. The fourth-order valence-corrected chi connectivity index (χ4v) is 8.88. The lowest BCUT2D eigenvalue weighted by Gasteiger charge is -2.31. The number of nitrogens with two attached hydrogens (primary N) is 2. The fraction of sp³-hybridized carbons (Fsp3) is 0.917. The number of amides is 2. The van der Waals surface area contributed by atoms with Crippen LogP contribution in [0.5, 0.6) is 0 Å². The molecule has 0 spiro atoms. The van der Waals surface area contributed by atoms with Gasteiger partial charge in [0, 0.05) is 44.0 Å². The standard InChI is InChI=1S/C24H48N4O11P2S3/c25-7-3-1-2-5-23(31)28-16-22(14-20(28)18-38-41(35,42)36-10-9-29)39-40(33,34)37-17-19-13-21(30)15-27(19)24(32)6-4-11-43-44-12-8-26/h19-22,29-30H,1-18,25-26H2,(H,33,34)(H,35,42)/p-2/t19?,20?,21-,22-,41?/m1/s1. The summed E-state index contributed by atoms with van der Waals surface area (Å²) in [6.07, 6.45) is 1.62. The topological polar surface area (TPSA) is 233 Å². The number of hydrogen-bond acceptors (Lipinski definition) is 16. The van der Waals surface area contributed by atoms with Gasteiger partial charge in [-0.25, -0.2) is 0 Å². The molecule has 0 aromatic heterocycles. The lowest BCUT2D eigenvalue weighted by molar-refractivity contribution is -0.230. The van der Waals surface area contributed by atoms with Gasteiger partial charge in [-0.1, -0.05) is 39.8 Å². The molecular weight excluding hydrogens is 678 g/mol. The van der Waals surface area contributed by atoms with Gasteiger partial charge in [0.2, 0.25) is 11.8 Å². The Morgan fingerprint density at radius 1 is 0.886 bits per heavy atom. The Morgan fingerprint density at radius 2 is 1.52 bits per heavy atom. The van der Waals surface area contributed by atoms with Crippen LogP contribution in [0.4, 0.5) is 0 Å². The van der Waals surface area contributed by atoms with Crippen molar-refractivity contribution in [1.29, 1.82) is 0 Å². The zero-order chi connectivity index (χ0) is 32.6. The number of unbranched alkanes of at least 4 members (excludes halogenated alkanes) is 2. The highest BCUT2D eigenvalue weighted by Crippen LogP contribution is 2.44. The number of likely N-dealkylation sites (tertiary alicyclic amines) is 2. The second-order valence-corrected chi connectivity index (χ2v) is 17.2. The van der Waals surface area contributed by atoms with Gasteiger partial charge >= 0.3 is 0 Å². The number of β-amino-alcohol motifs (C(OH)–C–C–N with tert-alkyl or cyclic N) is 1. The molecule has 4 unspecified atom stereocenters. The normalized spacial score (nSPS) is 24.9. The lowest BCUT2D eigenvalue weighted by atomic mass is 10.1. The van der Waals surface area contributed by atoms with Gasteiger partial charge in [0.05, 0.1) is 50.7 Å². The van der Waals surface area contributed by atoms with E-state index in [1.54, 1.807) is 21.6 Å². The summed E-state index contributed by atoms with van der Waals surface area (Å²) in [6, 6.07) is -1.33. The van der Waals surface area contributed by atoms with Crippen molar-refractivity contribution in [3.63, 3.8) is 0 Å². The highest BCUT2D eigenvalue weighted by atomic mass is 33.1. The maximum absolute atomic E-state index is 13.0. The van der Waals surface area contributed by atoms with Crippen LogP contribution >= 0.6 is 36.1 Å². The second kappa shape index (κ2) is 21.2. The molecule has 2 fully saturated rings. The van der Waals surface area contributed by atoms with E-state index in [-0.39, 0.29) is 70.4 Å². The minimum atomic E-state index is -4.89. The van der Waals surface area contributed by atoms with E-state index in [0.29, 0.717) is 25.9 Å². The summed E-state index contributed by atoms with van der Waals surface area (Å²) in [7, 11) is -1.62. The van der Waals surface area contributed by atoms with Crippen LogP contribution in [0.2, 0.25) is 0 Å². The predicted octanol–water partition coefficient (Wildman–Crippen LogP) is -0.331. The van der Waals surface area contributed by atoms with E-state index in [9.17, 15) is 29.0 Å². The van der Waals surface area contributed by atoms with Gasteiger partial charge in [0.25, 0.3) is 7.82 Å². The molecule has 2 saturated heterocycles. The molecule has 2 amide bonds. The van der Waals surface area contributed by atoms with E-state index in [4.69, 9.17) is 46.5 Å². The molecule has 2 rings (SSSR count). The minimum absolute atomic E-state index is 0.0355. The summed E-state index contributed by atoms with van der Waals surface area (Å²) in [6.45, 7) is -4.19. The number of hydrogen-bond donors (Lipinski definition) is 4. The third-order valence-electron chi connectivity index (χ3n) is 6.88. The Hall–Kier alpha value is 0.120. The zero-order valence-corrected chi connectivity index (χ0v) is 29.0. The summed E-state index contributed by atoms with van der Waals surface area (Å²) in [5.41, 5.74) is 11.0. The molecule has 0 aliphatic carbocycles. The van der Waals surface area contributed by atoms with Crippen LogP contribution in [0.3, 0.4) is 0 Å². The largest absolute Gasteiger partial charge is 0.780 e. The smallest absolute Gasteiger partial charge is 0.268 e. The van der Waals surface area contributed by atoms with Crippen molar-refractivity contribution in [2.75, 3.05) is 64.1 Å². The number of carbonyl (C=O) groups excluding carboxylic acids is 2. The Kier molecular flexibility index (Phi) is 19.4. The lowest BCUT2D eigenvalue weighted by Crippen LogP contribution is -2.39. The molecule has 0 aromatic rings. The molecule has 2 heterocycles. The number of phosphoric ester groups is 1. The number of rotatable bonds is 23. The van der Waals surface area contributed by atoms with Gasteiger partial charge in [0.15, 0.2) is 0 Å². The van der Waals surface area contributed by atoms with Crippen molar-refractivity contribution in [3.05, 3.63) is 0 Å². The quantitative estimate of drug-likeness (QED) is 0.0600. The third-order valence-corrected chi connectivity index (χ3v) is 12.0. The van der Waals surface area contributed by atoms with Crippen molar-refractivity contribution < 1.29 is 52.2 Å². The van der Waals surface area contributed by atoms with Crippen LogP contribution in [0.25, 0.3) is 0 Å². The third kappa shape index (κ3) is 15.3. The summed E-state index contributed by atoms with van der Waals surface area (Å²) in [5.74, 6) is 1.13. The molecule has 2 aliphatic rings. The van der Waals surface area contributed by atoms with E-state index < -0.39 is 45.4 Å². The highest BCUT2D eigenvalue weighted by molar-refractivity contribution is 8.76. The van der Waals surface area contributed by atoms with Gasteiger partial charge in [-0.15, -0.1) is 0 Å². The second-order valence-electron chi connectivity index (χ2n) is 10.4. The molecule has 0 bridgehead atoms. The van der Waals surface area contributed by atoms with Crippen LogP contribution in [0, 0.1) is 0 Å². The molecule has 0 aromatic carbocycles. The zero-order valence-electron chi connectivity index (χ0n) is 24.8. The SMILES string of the molecule is NCCCCCC(=O)N1C[C@H](OP(=O)([O-])OCC2C[C@@H](O)CN2C(=O)CCCSSCCN)CC1COP([O-])(=S)OCCO. The first-order chi connectivity index (χ1) is 20.9. The van der Waals surface area contributed by atoms with E-state index in [0.717, 1.165) is 24.3 Å². The maximum Gasteiger partial charge on any atom is 0.268 e. The minimum Gasteiger partial charge on any atom is -0.780 e. The molecular formula is C24H46N4O11P2S3-2. The summed E-state index contributed by atoms with van der Waals surface area (Å²) in [4.78, 5) is 53.7. The number of aliphatic hydroxyl groups excluding tert-OH is 2. The van der Waals surface area contributed by atoms with Gasteiger partial charge in [-0.05, 0) is 38.6 Å². The summed E-state index contributed by atoms with van der Waals surface area (Å²) in [5, 5.41) is 19.0. The average molecular weight is 725 g/mol. The molecule has 6 atom stereocenters. The first kappa shape index (κ1) is 40.3. The molecule has 0 radical (unpaired) electrons.